The number of hydrogen-bond acceptors (Lipinski definition) is 4. The Morgan fingerprint density at radius 1 is 1.33 bits per heavy atom. The van der Waals surface area contributed by atoms with E-state index in [1.807, 2.05) is 25.5 Å². The van der Waals surface area contributed by atoms with Gasteiger partial charge in [0.15, 0.2) is 0 Å². The maximum absolute atomic E-state index is 12.2. The maximum atomic E-state index is 12.2. The molecule has 0 radical (unpaired) electrons. The van der Waals surface area contributed by atoms with Crippen LogP contribution < -0.4 is 11.0 Å². The van der Waals surface area contributed by atoms with Crippen LogP contribution in [-0.4, -0.2) is 36.5 Å². The Labute approximate surface area is 140 Å². The second kappa shape index (κ2) is 6.62. The van der Waals surface area contributed by atoms with Gasteiger partial charge in [-0.25, -0.2) is 9.89 Å². The lowest BCUT2D eigenvalue weighted by Gasteiger charge is -2.16. The molecule has 1 atom stereocenters. The average Bonchev–Trinajstić information content (AvgIpc) is 2.93. The number of H-pyrrole nitrogens is 1. The van der Waals surface area contributed by atoms with Crippen LogP contribution in [0.3, 0.4) is 0 Å². The van der Waals surface area contributed by atoms with E-state index in [9.17, 15) is 9.59 Å². The average molecular weight is 332 g/mol. The minimum atomic E-state index is -0.170. The lowest BCUT2D eigenvalue weighted by atomic mass is 10.1. The normalized spacial score (nSPS) is 17.4. The zero-order valence-corrected chi connectivity index (χ0v) is 14.4. The van der Waals surface area contributed by atoms with Crippen molar-refractivity contribution in [2.45, 2.75) is 65.6 Å². The van der Waals surface area contributed by atoms with Gasteiger partial charge in [-0.2, -0.15) is 10.2 Å². The maximum Gasteiger partial charge on any atom is 0.343 e. The van der Waals surface area contributed by atoms with Gasteiger partial charge < -0.3 is 5.32 Å². The molecule has 0 spiro atoms. The first-order valence-electron chi connectivity index (χ1n) is 8.39. The lowest BCUT2D eigenvalue weighted by molar-refractivity contribution is -0.122. The van der Waals surface area contributed by atoms with Crippen LogP contribution in [0.5, 0.6) is 0 Å². The molecule has 2 N–H and O–H groups in total. The predicted octanol–water partition coefficient (Wildman–Crippen LogP) is 0.605. The Morgan fingerprint density at radius 2 is 2.12 bits per heavy atom. The summed E-state index contributed by atoms with van der Waals surface area (Å²) in [7, 11) is 0. The number of aryl methyl sites for hydroxylation is 3. The van der Waals surface area contributed by atoms with Gasteiger partial charge in [0.2, 0.25) is 5.91 Å². The van der Waals surface area contributed by atoms with Crippen LogP contribution >= 0.6 is 0 Å². The molecule has 0 fully saturated rings. The van der Waals surface area contributed by atoms with E-state index in [0.717, 1.165) is 30.1 Å². The van der Waals surface area contributed by atoms with E-state index in [-0.39, 0.29) is 17.6 Å². The molecule has 24 heavy (non-hydrogen) atoms. The van der Waals surface area contributed by atoms with Crippen molar-refractivity contribution in [1.82, 2.24) is 29.9 Å². The molecule has 0 aromatic carbocycles. The summed E-state index contributed by atoms with van der Waals surface area (Å²) in [4.78, 5) is 23.8. The van der Waals surface area contributed by atoms with Crippen molar-refractivity contribution in [3.63, 3.8) is 0 Å². The predicted molar refractivity (Wildman–Crippen MR) is 88.8 cm³/mol. The number of hydrogen-bond donors (Lipinski definition) is 2. The molecular weight excluding hydrogens is 308 g/mol. The summed E-state index contributed by atoms with van der Waals surface area (Å²) in [5.41, 5.74) is 3.13. The first kappa shape index (κ1) is 16.5. The molecule has 8 heteroatoms. The molecule has 0 aliphatic carbocycles. The number of carbonyl (C=O) groups is 1. The van der Waals surface area contributed by atoms with Gasteiger partial charge in [0, 0.05) is 37.7 Å². The standard InChI is InChI=1S/C16H24N6O2/c1-10-11(2)20-22(12(10)3)9-7-15(23)17-13-4-5-14-18-19-16(24)21(14)8-6-13/h13H,4-9H2,1-3H3,(H,17,23)(H,19,24). The molecule has 0 saturated heterocycles. The van der Waals surface area contributed by atoms with Crippen molar-refractivity contribution in [2.24, 2.45) is 0 Å². The van der Waals surface area contributed by atoms with E-state index in [0.29, 0.717) is 25.9 Å². The topological polar surface area (TPSA) is 97.6 Å². The Bertz CT molecular complexity index is 800. The second-order valence-corrected chi connectivity index (χ2v) is 6.46. The highest BCUT2D eigenvalue weighted by molar-refractivity contribution is 5.76. The van der Waals surface area contributed by atoms with Crippen molar-refractivity contribution in [3.05, 3.63) is 33.3 Å². The molecule has 0 bridgehead atoms. The van der Waals surface area contributed by atoms with Gasteiger partial charge in [0.05, 0.1) is 5.69 Å². The number of aromatic amines is 1. The van der Waals surface area contributed by atoms with E-state index in [1.54, 1.807) is 4.57 Å². The van der Waals surface area contributed by atoms with E-state index >= 15 is 0 Å². The van der Waals surface area contributed by atoms with Crippen LogP contribution in [0.4, 0.5) is 0 Å². The number of nitrogens with one attached hydrogen (secondary N) is 2. The molecule has 1 aliphatic rings. The molecule has 1 amide bonds. The number of amides is 1. The molecule has 3 heterocycles. The summed E-state index contributed by atoms with van der Waals surface area (Å²) >= 11 is 0. The molecule has 1 aliphatic heterocycles. The van der Waals surface area contributed by atoms with E-state index in [4.69, 9.17) is 0 Å². The van der Waals surface area contributed by atoms with Crippen LogP contribution in [0.15, 0.2) is 4.79 Å². The minimum absolute atomic E-state index is 0.0265. The van der Waals surface area contributed by atoms with Gasteiger partial charge in [-0.1, -0.05) is 0 Å². The van der Waals surface area contributed by atoms with Crippen LogP contribution in [0.25, 0.3) is 0 Å². The summed E-state index contributed by atoms with van der Waals surface area (Å²) in [6.45, 7) is 7.23. The van der Waals surface area contributed by atoms with Crippen LogP contribution in [0.1, 0.15) is 42.0 Å². The fourth-order valence-corrected chi connectivity index (χ4v) is 3.16. The Hall–Kier alpha value is -2.38. The van der Waals surface area contributed by atoms with Crippen molar-refractivity contribution >= 4 is 5.91 Å². The van der Waals surface area contributed by atoms with E-state index in [2.05, 4.69) is 20.6 Å². The van der Waals surface area contributed by atoms with Gasteiger partial charge in [0.25, 0.3) is 0 Å². The van der Waals surface area contributed by atoms with Gasteiger partial charge in [-0.15, -0.1) is 0 Å². The van der Waals surface area contributed by atoms with E-state index in [1.165, 1.54) is 5.56 Å². The first-order chi connectivity index (χ1) is 11.5. The van der Waals surface area contributed by atoms with Gasteiger partial charge >= 0.3 is 5.69 Å². The first-order valence-corrected chi connectivity index (χ1v) is 8.39. The molecule has 8 nitrogen and oxygen atoms in total. The van der Waals surface area contributed by atoms with Crippen molar-refractivity contribution in [3.8, 4) is 0 Å². The largest absolute Gasteiger partial charge is 0.353 e. The summed E-state index contributed by atoms with van der Waals surface area (Å²) in [6.07, 6.45) is 2.65. The molecule has 2 aromatic heterocycles. The highest BCUT2D eigenvalue weighted by Crippen LogP contribution is 2.13. The summed E-state index contributed by atoms with van der Waals surface area (Å²) in [5, 5.41) is 14.0. The van der Waals surface area contributed by atoms with Crippen LogP contribution in [0.2, 0.25) is 0 Å². The smallest absolute Gasteiger partial charge is 0.343 e. The second-order valence-electron chi connectivity index (χ2n) is 6.46. The Balaban J connectivity index is 1.52. The molecule has 0 saturated carbocycles. The van der Waals surface area contributed by atoms with Crippen molar-refractivity contribution in [2.75, 3.05) is 0 Å². The fraction of sp³-hybridized carbons (Fsp3) is 0.625. The molecule has 3 rings (SSSR count). The lowest BCUT2D eigenvalue weighted by Crippen LogP contribution is -2.36. The van der Waals surface area contributed by atoms with Crippen LogP contribution in [-0.2, 0) is 24.3 Å². The van der Waals surface area contributed by atoms with Crippen LogP contribution in [0, 0.1) is 20.8 Å². The van der Waals surface area contributed by atoms with Crippen molar-refractivity contribution in [1.29, 1.82) is 0 Å². The van der Waals surface area contributed by atoms with Gasteiger partial charge in [0.1, 0.15) is 5.82 Å². The summed E-state index contributed by atoms with van der Waals surface area (Å²) in [6, 6.07) is 0.0841. The molecule has 130 valence electrons. The molecule has 2 aromatic rings. The highest BCUT2D eigenvalue weighted by Gasteiger charge is 2.20. The van der Waals surface area contributed by atoms with Gasteiger partial charge in [-0.3, -0.25) is 14.0 Å². The third kappa shape index (κ3) is 3.27. The fourth-order valence-electron chi connectivity index (χ4n) is 3.16. The summed E-state index contributed by atoms with van der Waals surface area (Å²) < 4.78 is 3.55. The Kier molecular flexibility index (Phi) is 4.55. The number of aromatic nitrogens is 5. The SMILES string of the molecule is Cc1nn(CCC(=O)NC2CCc3n[nH]c(=O)n3CC2)c(C)c1C. The quantitative estimate of drug-likeness (QED) is 0.857. The zero-order valence-electron chi connectivity index (χ0n) is 14.4. The number of rotatable bonds is 4. The Morgan fingerprint density at radius 3 is 2.83 bits per heavy atom. The van der Waals surface area contributed by atoms with Gasteiger partial charge in [-0.05, 0) is 39.2 Å². The number of carbonyl (C=O) groups excluding carboxylic acids is 1. The summed E-state index contributed by atoms with van der Waals surface area (Å²) in [5.74, 6) is 0.800. The third-order valence-corrected chi connectivity index (χ3v) is 4.91. The zero-order chi connectivity index (χ0) is 17.3. The minimum Gasteiger partial charge on any atom is -0.353 e. The number of fused-ring (bicyclic) bond motifs is 1. The molecule has 1 unspecified atom stereocenters. The highest BCUT2D eigenvalue weighted by atomic mass is 16.2. The molecular formula is C16H24N6O2. The van der Waals surface area contributed by atoms with Crippen molar-refractivity contribution < 1.29 is 4.79 Å². The third-order valence-electron chi connectivity index (χ3n) is 4.91. The van der Waals surface area contributed by atoms with E-state index < -0.39 is 0 Å². The number of nitrogens with zero attached hydrogens (tertiary/aromatic N) is 4. The monoisotopic (exact) mass is 332 g/mol.